The van der Waals surface area contributed by atoms with Gasteiger partial charge < -0.3 is 5.11 Å². The summed E-state index contributed by atoms with van der Waals surface area (Å²) in [6.07, 6.45) is 0. The van der Waals surface area contributed by atoms with E-state index >= 15 is 0 Å². The van der Waals surface area contributed by atoms with Crippen LogP contribution in [0.15, 0.2) is 18.1 Å². The fourth-order valence-corrected chi connectivity index (χ4v) is 0.550. The first kappa shape index (κ1) is 4.43. The van der Waals surface area contributed by atoms with Gasteiger partial charge in [0, 0.05) is 0 Å². The summed E-state index contributed by atoms with van der Waals surface area (Å²) < 4.78 is 46.6. The van der Waals surface area contributed by atoms with Crippen LogP contribution >= 0.6 is 0 Å². The summed E-state index contributed by atoms with van der Waals surface area (Å²) >= 11 is 0. The lowest BCUT2D eigenvalue weighted by molar-refractivity contribution is 0.0686. The Morgan fingerprint density at radius 3 is 2.27 bits per heavy atom. The third-order valence-electron chi connectivity index (χ3n) is 0.997. The van der Waals surface area contributed by atoms with Crippen molar-refractivity contribution in [1.82, 2.24) is 0 Å². The van der Waals surface area contributed by atoms with Crippen LogP contribution < -0.4 is 0 Å². The number of carboxylic acid groups (broad SMARTS) is 1. The third kappa shape index (κ3) is 1.34. The minimum Gasteiger partial charge on any atom is -0.477 e. The summed E-state index contributed by atoms with van der Waals surface area (Å²) in [6.45, 7) is 0. The minimum atomic E-state index is -1.90. The predicted molar refractivity (Wildman–Crippen MR) is 33.3 cm³/mol. The Hall–Kier alpha value is -1.45. The number of benzene rings is 1. The van der Waals surface area contributed by atoms with Gasteiger partial charge in [-0.3, -0.25) is 0 Å². The van der Waals surface area contributed by atoms with E-state index in [0.717, 1.165) is 0 Å². The van der Waals surface area contributed by atoms with Crippen LogP contribution in [0.2, 0.25) is 0 Å². The SMILES string of the molecule is [2H]c1c([2H])c(F)c(C(=O)O)c(F)c1[2H]. The smallest absolute Gasteiger partial charge is 0.341 e. The number of hydrogen-bond donors (Lipinski definition) is 1. The zero-order valence-corrected chi connectivity index (χ0v) is 5.11. The van der Waals surface area contributed by atoms with E-state index in [-0.39, 0.29) is 0 Å². The average molecular weight is 161 g/mol. The van der Waals surface area contributed by atoms with Gasteiger partial charge in [-0.05, 0) is 12.1 Å². The predicted octanol–water partition coefficient (Wildman–Crippen LogP) is 1.66. The molecule has 0 saturated heterocycles. The lowest BCUT2D eigenvalue weighted by Crippen LogP contribution is -2.03. The van der Waals surface area contributed by atoms with Crippen LogP contribution in [0.25, 0.3) is 0 Å². The second-order valence-electron chi connectivity index (χ2n) is 1.68. The Balaban J connectivity index is 3.68. The Kier molecular flexibility index (Phi) is 1.07. The van der Waals surface area contributed by atoms with Gasteiger partial charge in [0.1, 0.15) is 17.2 Å². The largest absolute Gasteiger partial charge is 0.477 e. The van der Waals surface area contributed by atoms with Gasteiger partial charge in [0.15, 0.2) is 0 Å². The maximum atomic E-state index is 12.9. The van der Waals surface area contributed by atoms with Crippen molar-refractivity contribution in [1.29, 1.82) is 0 Å². The molecule has 1 aromatic carbocycles. The van der Waals surface area contributed by atoms with Gasteiger partial charge in [-0.15, -0.1) is 0 Å². The first-order valence-corrected chi connectivity index (χ1v) is 2.56. The minimum absolute atomic E-state index is 0.968. The summed E-state index contributed by atoms with van der Waals surface area (Å²) in [4.78, 5) is 10.4. The van der Waals surface area contributed by atoms with E-state index in [2.05, 4.69) is 0 Å². The van der Waals surface area contributed by atoms with Crippen molar-refractivity contribution in [2.45, 2.75) is 0 Å². The average Bonchev–Trinajstić information content (AvgIpc) is 2.11. The van der Waals surface area contributed by atoms with Gasteiger partial charge in [-0.2, -0.15) is 0 Å². The first-order valence-electron chi connectivity index (χ1n) is 4.06. The highest BCUT2D eigenvalue weighted by Crippen LogP contribution is 2.10. The molecule has 1 aromatic rings. The van der Waals surface area contributed by atoms with Crippen molar-refractivity contribution in [3.8, 4) is 0 Å². The molecule has 0 atom stereocenters. The topological polar surface area (TPSA) is 37.3 Å². The molecule has 58 valence electrons. The van der Waals surface area contributed by atoms with Crippen LogP contribution in [0.5, 0.6) is 0 Å². The Labute approximate surface area is 65.3 Å². The van der Waals surface area contributed by atoms with Crippen molar-refractivity contribution in [3.63, 3.8) is 0 Å². The van der Waals surface area contributed by atoms with Crippen LogP contribution in [-0.2, 0) is 0 Å². The molecule has 0 aliphatic carbocycles. The van der Waals surface area contributed by atoms with Gasteiger partial charge in [0.25, 0.3) is 0 Å². The molecule has 0 aliphatic rings. The first-order chi connectivity index (χ1) is 6.37. The fraction of sp³-hybridized carbons (Fsp3) is 0. The van der Waals surface area contributed by atoms with E-state index in [4.69, 9.17) is 9.22 Å². The van der Waals surface area contributed by atoms with Crippen molar-refractivity contribution >= 4 is 5.97 Å². The number of aromatic carboxylic acids is 1. The van der Waals surface area contributed by atoms with E-state index in [1.165, 1.54) is 0 Å². The quantitative estimate of drug-likeness (QED) is 0.680. The Morgan fingerprint density at radius 1 is 1.45 bits per heavy atom. The summed E-state index contributed by atoms with van der Waals surface area (Å²) in [5.74, 6) is -5.16. The zero-order chi connectivity index (χ0) is 11.0. The molecule has 1 N–H and O–H groups in total. The summed E-state index contributed by atoms with van der Waals surface area (Å²) in [7, 11) is 0. The van der Waals surface area contributed by atoms with E-state index in [1.807, 2.05) is 0 Å². The summed E-state index contributed by atoms with van der Waals surface area (Å²) in [5.41, 5.74) is -1.36. The van der Waals surface area contributed by atoms with Crippen LogP contribution in [0.3, 0.4) is 0 Å². The Bertz CT molecular complexity index is 391. The molecule has 0 aromatic heterocycles. The van der Waals surface area contributed by atoms with Gasteiger partial charge in [0.05, 0.1) is 4.11 Å². The molecule has 1 rings (SSSR count). The van der Waals surface area contributed by atoms with E-state index in [1.54, 1.807) is 0 Å². The normalized spacial score (nSPS) is 13.5. The monoisotopic (exact) mass is 161 g/mol. The van der Waals surface area contributed by atoms with E-state index < -0.39 is 41.3 Å². The van der Waals surface area contributed by atoms with E-state index in [9.17, 15) is 13.6 Å². The molecule has 0 bridgehead atoms. The van der Waals surface area contributed by atoms with E-state index in [0.29, 0.717) is 0 Å². The molecule has 0 amide bonds. The lowest BCUT2D eigenvalue weighted by Gasteiger charge is -1.96. The molecular formula is C7H4F2O2. The maximum absolute atomic E-state index is 12.9. The summed E-state index contributed by atoms with van der Waals surface area (Å²) in [5, 5.41) is 8.38. The molecule has 4 heteroatoms. The number of carboxylic acids is 1. The molecule has 0 heterocycles. The highest BCUT2D eigenvalue weighted by atomic mass is 19.1. The van der Waals surface area contributed by atoms with Crippen LogP contribution in [0.4, 0.5) is 8.78 Å². The molecule has 0 aliphatic heterocycles. The molecule has 0 radical (unpaired) electrons. The van der Waals surface area contributed by atoms with Crippen molar-refractivity contribution < 1.29 is 22.8 Å². The zero-order valence-electron chi connectivity index (χ0n) is 8.11. The van der Waals surface area contributed by atoms with Crippen molar-refractivity contribution in [2.24, 2.45) is 0 Å². The highest BCUT2D eigenvalue weighted by Gasteiger charge is 2.14. The highest BCUT2D eigenvalue weighted by molar-refractivity contribution is 5.88. The Morgan fingerprint density at radius 2 is 1.91 bits per heavy atom. The second-order valence-corrected chi connectivity index (χ2v) is 1.68. The van der Waals surface area contributed by atoms with Gasteiger partial charge in [-0.25, -0.2) is 13.6 Å². The molecule has 0 unspecified atom stereocenters. The number of halogens is 2. The third-order valence-corrected chi connectivity index (χ3v) is 0.997. The maximum Gasteiger partial charge on any atom is 0.341 e. The standard InChI is InChI=1S/C7H4F2O2/c8-4-2-1-3-5(9)6(4)7(10)11/h1-3H,(H,10,11)/i1D,2D,3D. The van der Waals surface area contributed by atoms with Gasteiger partial charge in [0.2, 0.25) is 0 Å². The molecule has 0 fully saturated rings. The fourth-order valence-electron chi connectivity index (χ4n) is 0.550. The van der Waals surface area contributed by atoms with Crippen LogP contribution in [0, 0.1) is 11.6 Å². The van der Waals surface area contributed by atoms with Crippen molar-refractivity contribution in [2.75, 3.05) is 0 Å². The van der Waals surface area contributed by atoms with Crippen LogP contribution in [-0.4, -0.2) is 11.1 Å². The number of hydrogen-bond acceptors (Lipinski definition) is 1. The van der Waals surface area contributed by atoms with Crippen molar-refractivity contribution in [3.05, 3.63) is 35.3 Å². The lowest BCUT2D eigenvalue weighted by atomic mass is 10.2. The molecular weight excluding hydrogens is 154 g/mol. The molecule has 11 heavy (non-hydrogen) atoms. The summed E-state index contributed by atoms with van der Waals surface area (Å²) in [6, 6.07) is -3.15. The molecule has 0 saturated carbocycles. The van der Waals surface area contributed by atoms with Gasteiger partial charge >= 0.3 is 5.97 Å². The van der Waals surface area contributed by atoms with Crippen LogP contribution in [0.1, 0.15) is 14.5 Å². The number of rotatable bonds is 1. The molecule has 2 nitrogen and oxygen atoms in total. The molecule has 0 spiro atoms. The van der Waals surface area contributed by atoms with Gasteiger partial charge in [-0.1, -0.05) is 6.04 Å². The second kappa shape index (κ2) is 2.65. The number of carbonyl (C=O) groups is 1.